The number of methoxy groups -OCH3 is 1. The molecule has 2 aromatic rings. The lowest BCUT2D eigenvalue weighted by Gasteiger charge is -2.41. The van der Waals surface area contributed by atoms with Crippen LogP contribution in [-0.4, -0.2) is 65.9 Å². The van der Waals surface area contributed by atoms with E-state index in [0.29, 0.717) is 36.2 Å². The number of sulfonamides is 1. The number of carbonyl (C=O) groups excluding carboxylic acids is 3. The number of pyridine rings is 1. The number of nitrogens with zero attached hydrogens (tertiary/aromatic N) is 2. The molecule has 0 unspecified atom stereocenters. The molecule has 3 fully saturated rings. The highest BCUT2D eigenvalue weighted by atomic mass is 32.2. The third-order valence-electron chi connectivity index (χ3n) is 12.2. The highest BCUT2D eigenvalue weighted by Gasteiger charge is 2.64. The number of benzene rings is 1. The number of nitrogens with one attached hydrogen (secondary N) is 1. The van der Waals surface area contributed by atoms with Gasteiger partial charge in [-0.05, 0) is 75.5 Å². The van der Waals surface area contributed by atoms with E-state index in [1.54, 1.807) is 26.0 Å². The van der Waals surface area contributed by atoms with Gasteiger partial charge in [-0.25, -0.2) is 22.2 Å². The Morgan fingerprint density at radius 2 is 1.85 bits per heavy atom. The zero-order valence-corrected chi connectivity index (χ0v) is 32.8. The average molecular weight is 770 g/mol. The molecule has 2 saturated carbocycles. The molecule has 13 heteroatoms. The highest BCUT2D eigenvalue weighted by molar-refractivity contribution is 7.91. The van der Waals surface area contributed by atoms with Gasteiger partial charge < -0.3 is 14.4 Å². The number of halogens is 2. The molecule has 1 spiro atoms. The Morgan fingerprint density at radius 1 is 1.13 bits per heavy atom. The molecule has 0 radical (unpaired) electrons. The number of alkyl halides is 2. The van der Waals surface area contributed by atoms with Gasteiger partial charge in [0, 0.05) is 24.1 Å². The first-order valence-electron chi connectivity index (χ1n) is 19.1. The minimum Gasteiger partial charge on any atom is -0.497 e. The first kappa shape index (κ1) is 39.8. The summed E-state index contributed by atoms with van der Waals surface area (Å²) in [6.07, 6.45) is 7.01. The second kappa shape index (κ2) is 14.3. The van der Waals surface area contributed by atoms with Crippen molar-refractivity contribution in [1.29, 1.82) is 0 Å². The predicted octanol–water partition coefficient (Wildman–Crippen LogP) is 7.50. The summed E-state index contributed by atoms with van der Waals surface area (Å²) in [7, 11) is -2.54. The van der Waals surface area contributed by atoms with Gasteiger partial charge in [-0.3, -0.25) is 19.1 Å². The number of carbonyl (C=O) groups is 3. The average Bonchev–Trinajstić information content (AvgIpc) is 4.01. The number of aromatic nitrogens is 1. The lowest BCUT2D eigenvalue weighted by Crippen LogP contribution is -2.49. The van der Waals surface area contributed by atoms with E-state index in [2.05, 4.69) is 17.9 Å². The minimum absolute atomic E-state index is 0.0543. The van der Waals surface area contributed by atoms with Crippen molar-refractivity contribution in [3.8, 4) is 11.5 Å². The number of unbranched alkanes of at least 4 members (excludes halogenated alkanes) is 3. The van der Waals surface area contributed by atoms with Crippen LogP contribution in [0.5, 0.6) is 11.5 Å². The topological polar surface area (TPSA) is 132 Å². The minimum atomic E-state index is -3.99. The zero-order valence-electron chi connectivity index (χ0n) is 32.0. The second-order valence-electron chi connectivity index (χ2n) is 16.6. The molecular weight excluding hydrogens is 717 g/mol. The molecule has 1 N–H and O–H groups in total. The number of hydrogen-bond acceptors (Lipinski definition) is 8. The monoisotopic (exact) mass is 769 g/mol. The van der Waals surface area contributed by atoms with E-state index in [4.69, 9.17) is 14.5 Å². The van der Waals surface area contributed by atoms with Crippen LogP contribution in [0.3, 0.4) is 0 Å². The van der Waals surface area contributed by atoms with Crippen LogP contribution in [0.2, 0.25) is 0 Å². The van der Waals surface area contributed by atoms with Crippen LogP contribution in [0, 0.1) is 17.3 Å². The Balaban J connectivity index is 1.35. The van der Waals surface area contributed by atoms with E-state index in [1.165, 1.54) is 24.2 Å². The predicted molar refractivity (Wildman–Crippen MR) is 202 cm³/mol. The largest absolute Gasteiger partial charge is 0.497 e. The summed E-state index contributed by atoms with van der Waals surface area (Å²) < 4.78 is 73.1. The van der Waals surface area contributed by atoms with Crippen molar-refractivity contribution >= 4 is 38.5 Å². The Kier molecular flexibility index (Phi) is 10.6. The SMILES string of the molecule is C=CCCCCC[C@H](C)C(=O)N1C[C@]2(C[C@H]1C(=O)C[C@]1(C(=O)NS(=O)(=O)C3(C)CC3)C[C@H]1C=C)CC(F)(F)c1c(c(C(C)C)nc3ccc(OC)cc13)O2. The van der Waals surface area contributed by atoms with Crippen molar-refractivity contribution in [2.45, 2.75) is 127 Å². The third-order valence-corrected chi connectivity index (χ3v) is 14.3. The molecule has 2 aliphatic carbocycles. The van der Waals surface area contributed by atoms with E-state index < -0.39 is 67.7 Å². The summed E-state index contributed by atoms with van der Waals surface area (Å²) in [5.74, 6) is -6.02. The summed E-state index contributed by atoms with van der Waals surface area (Å²) in [6.45, 7) is 14.3. The second-order valence-corrected chi connectivity index (χ2v) is 18.8. The maximum absolute atomic E-state index is 16.9. The van der Waals surface area contributed by atoms with E-state index >= 15 is 8.78 Å². The number of amides is 2. The van der Waals surface area contributed by atoms with Crippen molar-refractivity contribution in [2.24, 2.45) is 17.3 Å². The molecule has 2 aliphatic heterocycles. The van der Waals surface area contributed by atoms with Crippen LogP contribution in [0.1, 0.15) is 115 Å². The van der Waals surface area contributed by atoms with Crippen molar-refractivity contribution in [2.75, 3.05) is 13.7 Å². The Morgan fingerprint density at radius 3 is 2.46 bits per heavy atom. The number of ketones is 1. The lowest BCUT2D eigenvalue weighted by atomic mass is 9.82. The maximum Gasteiger partial charge on any atom is 0.281 e. The first-order chi connectivity index (χ1) is 25.4. The van der Waals surface area contributed by atoms with E-state index in [0.717, 1.165) is 25.7 Å². The molecule has 1 aromatic heterocycles. The van der Waals surface area contributed by atoms with Crippen LogP contribution in [0.25, 0.3) is 10.9 Å². The van der Waals surface area contributed by atoms with Gasteiger partial charge in [0.05, 0.1) is 53.1 Å². The van der Waals surface area contributed by atoms with Gasteiger partial charge in [0.1, 0.15) is 11.4 Å². The Bertz CT molecular complexity index is 1980. The summed E-state index contributed by atoms with van der Waals surface area (Å²) in [5.41, 5.74) is -2.61. The fourth-order valence-corrected chi connectivity index (χ4v) is 9.71. The van der Waals surface area contributed by atoms with Gasteiger partial charge in [0.2, 0.25) is 21.8 Å². The number of rotatable bonds is 16. The molecule has 294 valence electrons. The van der Waals surface area contributed by atoms with Gasteiger partial charge in [-0.15, -0.1) is 13.2 Å². The summed E-state index contributed by atoms with van der Waals surface area (Å²) in [6, 6.07) is 3.65. The molecule has 1 saturated heterocycles. The summed E-state index contributed by atoms with van der Waals surface area (Å²) >= 11 is 0. The van der Waals surface area contributed by atoms with Crippen molar-refractivity contribution in [3.63, 3.8) is 0 Å². The van der Waals surface area contributed by atoms with Gasteiger partial charge in [0.25, 0.3) is 5.92 Å². The van der Waals surface area contributed by atoms with Crippen LogP contribution >= 0.6 is 0 Å². The molecule has 3 heterocycles. The van der Waals surface area contributed by atoms with Gasteiger partial charge in [-0.2, -0.15) is 0 Å². The standard InChI is InChI=1S/C41H53F2N3O7S/c1-8-10-11-12-13-14-26(5)36(48)46-24-39(21-31(46)32(47)22-40(20-27(40)9-2)37(49)45-54(50,51)38(6)17-18-38)23-41(42,43)33-29-19-28(52-7)15-16-30(29)44-34(25(3)4)35(33)53-39/h8-9,15-16,19,25-27,31H,1-2,10-14,17-18,20-24H2,3-7H3,(H,45,49)/t26-,27+,31-,39-,40+/m0/s1. The highest BCUT2D eigenvalue weighted by Crippen LogP contribution is 2.59. The first-order valence-corrected chi connectivity index (χ1v) is 20.6. The molecule has 10 nitrogen and oxygen atoms in total. The van der Waals surface area contributed by atoms with Crippen LogP contribution in [-0.2, 0) is 30.3 Å². The molecule has 5 atom stereocenters. The van der Waals surface area contributed by atoms with Crippen LogP contribution in [0.15, 0.2) is 43.5 Å². The quantitative estimate of drug-likeness (QED) is 0.137. The summed E-state index contributed by atoms with van der Waals surface area (Å²) in [4.78, 5) is 48.7. The number of allylic oxidation sites excluding steroid dienone is 2. The van der Waals surface area contributed by atoms with E-state index in [1.807, 2.05) is 19.9 Å². The van der Waals surface area contributed by atoms with Crippen LogP contribution < -0.4 is 14.2 Å². The number of likely N-dealkylation sites (tertiary alicyclic amines) is 1. The third kappa shape index (κ3) is 7.17. The molecule has 4 aliphatic rings. The van der Waals surface area contributed by atoms with Gasteiger partial charge >= 0.3 is 0 Å². The Hall–Kier alpha value is -3.87. The molecule has 2 amide bonds. The van der Waals surface area contributed by atoms with E-state index in [9.17, 15) is 22.8 Å². The van der Waals surface area contributed by atoms with Gasteiger partial charge in [0.15, 0.2) is 11.5 Å². The van der Waals surface area contributed by atoms with Crippen molar-refractivity contribution in [1.82, 2.24) is 14.6 Å². The molecule has 0 bridgehead atoms. The van der Waals surface area contributed by atoms with Crippen molar-refractivity contribution < 1.29 is 41.1 Å². The molecular formula is C41H53F2N3O7S. The lowest BCUT2D eigenvalue weighted by molar-refractivity contribution is -0.142. The van der Waals surface area contributed by atoms with Gasteiger partial charge in [-0.1, -0.05) is 45.8 Å². The normalized spacial score (nSPS) is 26.9. The fraction of sp³-hybridized carbons (Fsp3) is 0.610. The van der Waals surface area contributed by atoms with E-state index in [-0.39, 0.29) is 54.3 Å². The number of Topliss-reactive ketones (excluding diaryl/α,β-unsaturated/α-hetero) is 1. The Labute approximate surface area is 317 Å². The zero-order chi connectivity index (χ0) is 39.4. The fourth-order valence-electron chi connectivity index (χ4n) is 8.37. The molecule has 6 rings (SSSR count). The summed E-state index contributed by atoms with van der Waals surface area (Å²) in [5, 5.41) is 0.199. The maximum atomic E-state index is 16.9. The molecule has 1 aromatic carbocycles. The molecule has 54 heavy (non-hydrogen) atoms. The van der Waals surface area contributed by atoms with Crippen molar-refractivity contribution in [3.05, 3.63) is 54.8 Å². The smallest absolute Gasteiger partial charge is 0.281 e. The number of fused-ring (bicyclic) bond motifs is 3. The van der Waals surface area contributed by atoms with Crippen LogP contribution in [0.4, 0.5) is 8.78 Å². The number of ether oxygens (including phenoxy) is 2. The number of hydrogen-bond donors (Lipinski definition) is 1.